The molecule has 1 aliphatic carbocycles. The summed E-state index contributed by atoms with van der Waals surface area (Å²) in [6.07, 6.45) is 4.11. The normalized spacial score (nSPS) is 12.8. The Balaban J connectivity index is 1.40. The van der Waals surface area contributed by atoms with Crippen LogP contribution in [-0.2, 0) is 22.4 Å². The van der Waals surface area contributed by atoms with Crippen molar-refractivity contribution in [2.24, 2.45) is 0 Å². The number of anilines is 1. The van der Waals surface area contributed by atoms with Crippen LogP contribution < -0.4 is 10.9 Å². The first-order valence-corrected chi connectivity index (χ1v) is 13.7. The lowest BCUT2D eigenvalue weighted by Crippen LogP contribution is -2.23. The molecule has 0 unspecified atom stereocenters. The smallest absolute Gasteiger partial charge is 0.338 e. The fourth-order valence-corrected chi connectivity index (χ4v) is 6.43. The van der Waals surface area contributed by atoms with Crippen LogP contribution in [0.5, 0.6) is 0 Å². The number of ether oxygens (including phenoxy) is 1. The third-order valence-corrected chi connectivity index (χ3v) is 8.11. The number of hydrogen-bond acceptors (Lipinski definition) is 7. The molecular formula is C27H25N3O4S2. The summed E-state index contributed by atoms with van der Waals surface area (Å²) in [4.78, 5) is 45.1. The van der Waals surface area contributed by atoms with Crippen molar-refractivity contribution in [1.29, 1.82) is 0 Å². The van der Waals surface area contributed by atoms with Gasteiger partial charge in [0.15, 0.2) is 5.16 Å². The van der Waals surface area contributed by atoms with Crippen LogP contribution in [0.3, 0.4) is 0 Å². The van der Waals surface area contributed by atoms with Gasteiger partial charge in [0.25, 0.3) is 5.56 Å². The molecule has 1 aliphatic rings. The Morgan fingerprint density at radius 2 is 1.83 bits per heavy atom. The molecule has 7 nitrogen and oxygen atoms in total. The van der Waals surface area contributed by atoms with Crippen LogP contribution in [0.4, 0.5) is 5.69 Å². The van der Waals surface area contributed by atoms with E-state index in [1.807, 2.05) is 30.3 Å². The van der Waals surface area contributed by atoms with Crippen LogP contribution >= 0.6 is 23.1 Å². The molecular weight excluding hydrogens is 494 g/mol. The molecule has 9 heteroatoms. The van der Waals surface area contributed by atoms with Gasteiger partial charge in [0, 0.05) is 10.6 Å². The van der Waals surface area contributed by atoms with Gasteiger partial charge >= 0.3 is 5.97 Å². The zero-order valence-electron chi connectivity index (χ0n) is 19.8. The molecule has 2 aromatic carbocycles. The second kappa shape index (κ2) is 10.7. The number of benzene rings is 2. The van der Waals surface area contributed by atoms with E-state index in [-0.39, 0.29) is 17.2 Å². The van der Waals surface area contributed by atoms with E-state index in [9.17, 15) is 14.4 Å². The summed E-state index contributed by atoms with van der Waals surface area (Å²) in [5, 5.41) is 4.04. The number of aryl methyl sites for hydroxylation is 2. The Hall–Kier alpha value is -3.43. The number of nitrogens with one attached hydrogen (secondary N) is 1. The van der Waals surface area contributed by atoms with E-state index in [0.717, 1.165) is 41.8 Å². The Bertz CT molecular complexity index is 1480. The summed E-state index contributed by atoms with van der Waals surface area (Å²) in [5.41, 5.74) is 2.79. The van der Waals surface area contributed by atoms with Crippen molar-refractivity contribution >= 4 is 50.9 Å². The highest BCUT2D eigenvalue weighted by atomic mass is 32.2. The lowest BCUT2D eigenvalue weighted by atomic mass is 9.97. The van der Waals surface area contributed by atoms with Crippen molar-refractivity contribution in [3.8, 4) is 5.69 Å². The first-order valence-electron chi connectivity index (χ1n) is 11.9. The minimum Gasteiger partial charge on any atom is -0.462 e. The average molecular weight is 520 g/mol. The van der Waals surface area contributed by atoms with Crippen molar-refractivity contribution in [3.05, 3.63) is 81.0 Å². The highest BCUT2D eigenvalue weighted by molar-refractivity contribution is 7.99. The van der Waals surface area contributed by atoms with Gasteiger partial charge in [-0.3, -0.25) is 14.2 Å². The summed E-state index contributed by atoms with van der Waals surface area (Å²) in [5.74, 6) is -0.556. The van der Waals surface area contributed by atoms with Gasteiger partial charge in [-0.1, -0.05) is 30.0 Å². The zero-order chi connectivity index (χ0) is 25.1. The Labute approximate surface area is 216 Å². The monoisotopic (exact) mass is 519 g/mol. The lowest BCUT2D eigenvalue weighted by Gasteiger charge is -2.13. The standard InChI is InChI=1S/C27H25N3O4S2/c1-2-34-26(33)17-12-14-18(15-13-17)28-22(31)16-35-27-29-24-23(20-10-6-7-11-21(20)36-24)25(32)30(27)19-8-4-3-5-9-19/h3-5,8-9,12-15H,2,6-7,10-11,16H2,1H3,(H,28,31). The number of amides is 1. The molecule has 4 aromatic rings. The first-order chi connectivity index (χ1) is 17.5. The third-order valence-electron chi connectivity index (χ3n) is 5.98. The van der Waals surface area contributed by atoms with Crippen LogP contribution in [0, 0.1) is 0 Å². The minimum atomic E-state index is -0.401. The van der Waals surface area contributed by atoms with E-state index < -0.39 is 5.97 Å². The first kappa shape index (κ1) is 24.3. The van der Waals surface area contributed by atoms with Gasteiger partial charge in [-0.25, -0.2) is 9.78 Å². The number of aromatic nitrogens is 2. The molecule has 2 heterocycles. The van der Waals surface area contributed by atoms with Crippen LogP contribution in [0.2, 0.25) is 0 Å². The second-order valence-corrected chi connectivity index (χ2v) is 10.4. The van der Waals surface area contributed by atoms with Crippen LogP contribution in [0.1, 0.15) is 40.6 Å². The van der Waals surface area contributed by atoms with Gasteiger partial charge in [0.1, 0.15) is 4.83 Å². The summed E-state index contributed by atoms with van der Waals surface area (Å²) in [7, 11) is 0. The predicted molar refractivity (Wildman–Crippen MR) is 144 cm³/mol. The number of carbonyl (C=O) groups is 2. The number of nitrogens with zero attached hydrogens (tertiary/aromatic N) is 2. The van der Waals surface area contributed by atoms with E-state index in [2.05, 4.69) is 5.32 Å². The number of hydrogen-bond donors (Lipinski definition) is 1. The Morgan fingerprint density at radius 3 is 2.58 bits per heavy atom. The highest BCUT2D eigenvalue weighted by Crippen LogP contribution is 2.35. The maximum absolute atomic E-state index is 13.7. The van der Waals surface area contributed by atoms with Gasteiger partial charge in [0.05, 0.1) is 29.0 Å². The van der Waals surface area contributed by atoms with E-state index in [1.165, 1.54) is 16.6 Å². The highest BCUT2D eigenvalue weighted by Gasteiger charge is 2.23. The topological polar surface area (TPSA) is 90.3 Å². The van der Waals surface area contributed by atoms with Gasteiger partial charge in [-0.2, -0.15) is 0 Å². The molecule has 2 aromatic heterocycles. The number of carbonyl (C=O) groups excluding carboxylic acids is 2. The van der Waals surface area contributed by atoms with Gasteiger partial charge in [-0.05, 0) is 74.6 Å². The molecule has 1 N–H and O–H groups in total. The van der Waals surface area contributed by atoms with Gasteiger partial charge < -0.3 is 10.1 Å². The fraction of sp³-hybridized carbons (Fsp3) is 0.259. The van der Waals surface area contributed by atoms with Crippen molar-refractivity contribution in [2.75, 3.05) is 17.7 Å². The minimum absolute atomic E-state index is 0.0789. The number of esters is 1. The largest absolute Gasteiger partial charge is 0.462 e. The zero-order valence-corrected chi connectivity index (χ0v) is 21.4. The second-order valence-electron chi connectivity index (χ2n) is 8.40. The fourth-order valence-electron chi connectivity index (χ4n) is 4.32. The summed E-state index contributed by atoms with van der Waals surface area (Å²) in [6, 6.07) is 16.0. The van der Waals surface area contributed by atoms with E-state index in [4.69, 9.17) is 9.72 Å². The average Bonchev–Trinajstić information content (AvgIpc) is 3.27. The maximum Gasteiger partial charge on any atom is 0.338 e. The molecule has 0 saturated heterocycles. The summed E-state index contributed by atoms with van der Waals surface area (Å²) >= 11 is 2.83. The predicted octanol–water partition coefficient (Wildman–Crippen LogP) is 5.23. The number of para-hydroxylation sites is 1. The SMILES string of the molecule is CCOC(=O)c1ccc(NC(=O)CSc2nc3sc4c(c3c(=O)n2-c2ccccc2)CCCC4)cc1. The molecule has 184 valence electrons. The quantitative estimate of drug-likeness (QED) is 0.204. The van der Waals surface area contributed by atoms with E-state index in [0.29, 0.717) is 28.4 Å². The van der Waals surface area contributed by atoms with E-state index >= 15 is 0 Å². The van der Waals surface area contributed by atoms with Crippen molar-refractivity contribution in [3.63, 3.8) is 0 Å². The van der Waals surface area contributed by atoms with Gasteiger partial charge in [-0.15, -0.1) is 11.3 Å². The van der Waals surface area contributed by atoms with Crippen molar-refractivity contribution in [2.45, 2.75) is 37.8 Å². The maximum atomic E-state index is 13.7. The van der Waals surface area contributed by atoms with E-state index in [1.54, 1.807) is 47.1 Å². The molecule has 1 amide bonds. The molecule has 0 saturated carbocycles. The molecule has 0 atom stereocenters. The molecule has 5 rings (SSSR count). The molecule has 0 spiro atoms. The van der Waals surface area contributed by atoms with Crippen LogP contribution in [0.15, 0.2) is 64.5 Å². The number of thiophene rings is 1. The molecule has 0 bridgehead atoms. The number of fused-ring (bicyclic) bond motifs is 3. The Morgan fingerprint density at radius 1 is 1.08 bits per heavy atom. The lowest BCUT2D eigenvalue weighted by molar-refractivity contribution is -0.113. The number of thioether (sulfide) groups is 1. The van der Waals surface area contributed by atoms with Crippen molar-refractivity contribution in [1.82, 2.24) is 9.55 Å². The molecule has 0 aliphatic heterocycles. The molecule has 0 radical (unpaired) electrons. The summed E-state index contributed by atoms with van der Waals surface area (Å²) in [6.45, 7) is 2.05. The van der Waals surface area contributed by atoms with Crippen LogP contribution in [0.25, 0.3) is 15.9 Å². The van der Waals surface area contributed by atoms with Crippen molar-refractivity contribution < 1.29 is 14.3 Å². The third kappa shape index (κ3) is 4.94. The molecule has 36 heavy (non-hydrogen) atoms. The summed E-state index contributed by atoms with van der Waals surface area (Å²) < 4.78 is 6.61. The molecule has 0 fully saturated rings. The number of rotatable bonds is 7. The van der Waals surface area contributed by atoms with Crippen LogP contribution in [-0.4, -0.2) is 33.8 Å². The Kier molecular flexibility index (Phi) is 7.20. The van der Waals surface area contributed by atoms with Gasteiger partial charge in [0.2, 0.25) is 5.91 Å².